The molecule has 4 aromatic rings. The number of thioether (sulfide) groups is 1. The summed E-state index contributed by atoms with van der Waals surface area (Å²) in [6, 6.07) is 19.7. The molecule has 34 heavy (non-hydrogen) atoms. The van der Waals surface area contributed by atoms with Crippen LogP contribution in [-0.2, 0) is 20.4 Å². The predicted octanol–water partition coefficient (Wildman–Crippen LogP) is 3.83. The van der Waals surface area contributed by atoms with E-state index in [9.17, 15) is 18.0 Å². The summed E-state index contributed by atoms with van der Waals surface area (Å²) in [5.41, 5.74) is 2.56. The van der Waals surface area contributed by atoms with E-state index < -0.39 is 9.84 Å². The number of carbonyl (C=O) groups excluding carboxylic acids is 2. The summed E-state index contributed by atoms with van der Waals surface area (Å²) in [5, 5.41) is 5.94. The van der Waals surface area contributed by atoms with Crippen molar-refractivity contribution in [3.8, 4) is 0 Å². The Morgan fingerprint density at radius 3 is 2.65 bits per heavy atom. The summed E-state index contributed by atoms with van der Waals surface area (Å²) >= 11 is 1.46. The first kappa shape index (κ1) is 23.7. The number of hydrogen-bond acceptors (Lipinski definition) is 7. The maximum Gasteiger partial charge on any atom is 0.267 e. The van der Waals surface area contributed by atoms with Crippen LogP contribution in [0.2, 0.25) is 0 Å². The molecule has 8 nitrogen and oxygen atoms in total. The van der Waals surface area contributed by atoms with E-state index in [-0.39, 0.29) is 28.7 Å². The first-order valence-electron chi connectivity index (χ1n) is 10.5. The van der Waals surface area contributed by atoms with E-state index in [1.807, 2.05) is 36.4 Å². The molecule has 0 aliphatic rings. The van der Waals surface area contributed by atoms with Crippen molar-refractivity contribution >= 4 is 50.4 Å². The molecule has 0 radical (unpaired) electrons. The minimum Gasteiger partial charge on any atom is -0.453 e. The molecule has 0 saturated carbocycles. The van der Waals surface area contributed by atoms with Crippen molar-refractivity contribution in [3.63, 3.8) is 0 Å². The van der Waals surface area contributed by atoms with Crippen LogP contribution in [0.15, 0.2) is 82.5 Å². The van der Waals surface area contributed by atoms with Crippen LogP contribution in [0.4, 0.5) is 5.69 Å². The second-order valence-corrected chi connectivity index (χ2v) is 10.6. The summed E-state index contributed by atoms with van der Waals surface area (Å²) in [5.74, 6) is -0.0417. The van der Waals surface area contributed by atoms with Gasteiger partial charge in [0.2, 0.25) is 14.9 Å². The fourth-order valence-corrected chi connectivity index (χ4v) is 5.18. The van der Waals surface area contributed by atoms with Gasteiger partial charge in [-0.15, -0.1) is 11.8 Å². The first-order valence-corrected chi connectivity index (χ1v) is 13.2. The summed E-state index contributed by atoms with van der Waals surface area (Å²) in [6.45, 7) is 0.196. The summed E-state index contributed by atoms with van der Waals surface area (Å²) in [6.07, 6.45) is 2.14. The lowest BCUT2D eigenvalue weighted by Gasteiger charge is -2.11. The fraction of sp³-hybridized carbons (Fsp3) is 0.167. The van der Waals surface area contributed by atoms with Gasteiger partial charge < -0.3 is 24.8 Å². The second-order valence-electron chi connectivity index (χ2n) is 7.50. The molecule has 2 aromatic carbocycles. The zero-order chi connectivity index (χ0) is 24.0. The zero-order valence-electron chi connectivity index (χ0n) is 18.1. The number of aldehydes is 1. The van der Waals surface area contributed by atoms with Crippen LogP contribution in [-0.4, -0.2) is 43.3 Å². The van der Waals surface area contributed by atoms with Gasteiger partial charge in [-0.1, -0.05) is 42.5 Å². The van der Waals surface area contributed by atoms with E-state index in [4.69, 9.17) is 4.42 Å². The Kier molecular flexibility index (Phi) is 7.39. The van der Waals surface area contributed by atoms with Crippen LogP contribution in [0.25, 0.3) is 10.9 Å². The van der Waals surface area contributed by atoms with E-state index in [2.05, 4.69) is 15.6 Å². The first-order chi connectivity index (χ1) is 16.5. The zero-order valence-corrected chi connectivity index (χ0v) is 19.7. The minimum atomic E-state index is -3.65. The van der Waals surface area contributed by atoms with Crippen molar-refractivity contribution in [1.29, 1.82) is 0 Å². The minimum absolute atomic E-state index is 0.117. The number of anilines is 1. The van der Waals surface area contributed by atoms with Gasteiger partial charge in [-0.2, -0.15) is 0 Å². The van der Waals surface area contributed by atoms with Crippen LogP contribution < -0.4 is 10.6 Å². The fourth-order valence-electron chi connectivity index (χ4n) is 3.32. The van der Waals surface area contributed by atoms with Gasteiger partial charge >= 0.3 is 0 Å². The van der Waals surface area contributed by atoms with Crippen LogP contribution in [0.3, 0.4) is 0 Å². The lowest BCUT2D eigenvalue weighted by atomic mass is 10.2. The Hall–Kier alpha value is -3.50. The average Bonchev–Trinajstić information content (AvgIpc) is 3.54. The number of rotatable bonds is 11. The van der Waals surface area contributed by atoms with Gasteiger partial charge in [0, 0.05) is 17.7 Å². The largest absolute Gasteiger partial charge is 0.453 e. The van der Waals surface area contributed by atoms with Gasteiger partial charge in [-0.25, -0.2) is 8.42 Å². The smallest absolute Gasteiger partial charge is 0.267 e. The molecule has 0 spiro atoms. The Bertz CT molecular complexity index is 1370. The van der Waals surface area contributed by atoms with Crippen molar-refractivity contribution in [3.05, 3.63) is 84.3 Å². The topological polar surface area (TPSA) is 121 Å². The molecule has 1 amide bonds. The summed E-state index contributed by atoms with van der Waals surface area (Å²) in [7, 11) is -3.65. The molecule has 0 bridgehead atoms. The third-order valence-electron chi connectivity index (χ3n) is 5.08. The van der Waals surface area contributed by atoms with Gasteiger partial charge in [0.05, 0.1) is 22.7 Å². The van der Waals surface area contributed by atoms with Gasteiger partial charge in [0.1, 0.15) is 17.9 Å². The normalized spacial score (nSPS) is 12.4. The maximum absolute atomic E-state index is 12.7. The van der Waals surface area contributed by atoms with Gasteiger partial charge in [-0.3, -0.25) is 4.79 Å². The second kappa shape index (κ2) is 10.6. The third kappa shape index (κ3) is 5.70. The van der Waals surface area contributed by atoms with E-state index in [1.54, 1.807) is 18.2 Å². The van der Waals surface area contributed by atoms with Gasteiger partial charge in [-0.05, 0) is 29.8 Å². The molecule has 2 heterocycles. The Morgan fingerprint density at radius 2 is 1.91 bits per heavy atom. The van der Waals surface area contributed by atoms with E-state index in [0.717, 1.165) is 17.2 Å². The van der Waals surface area contributed by atoms with E-state index >= 15 is 0 Å². The molecule has 2 aromatic heterocycles. The molecule has 3 N–H and O–H groups in total. The van der Waals surface area contributed by atoms with Crippen LogP contribution in [0.5, 0.6) is 0 Å². The molecule has 0 saturated heterocycles. The maximum atomic E-state index is 12.7. The van der Waals surface area contributed by atoms with Crippen molar-refractivity contribution < 1.29 is 22.4 Å². The Morgan fingerprint density at radius 1 is 1.09 bits per heavy atom. The molecule has 1 unspecified atom stereocenters. The number of aromatic amines is 1. The van der Waals surface area contributed by atoms with Crippen molar-refractivity contribution in [1.82, 2.24) is 10.3 Å². The number of fused-ring (bicyclic) bond motifs is 1. The number of benzene rings is 2. The van der Waals surface area contributed by atoms with Crippen molar-refractivity contribution in [2.75, 3.05) is 17.7 Å². The number of aromatic nitrogens is 1. The highest BCUT2D eigenvalue weighted by Crippen LogP contribution is 2.25. The number of amides is 1. The van der Waals surface area contributed by atoms with Crippen LogP contribution in [0, 0.1) is 0 Å². The summed E-state index contributed by atoms with van der Waals surface area (Å²) < 4.78 is 29.7. The highest BCUT2D eigenvalue weighted by molar-refractivity contribution is 7.99. The van der Waals surface area contributed by atoms with Crippen LogP contribution in [0.1, 0.15) is 16.1 Å². The molecular weight excluding hydrogens is 474 g/mol. The standard InChI is InChI=1S/C24H23N3O5S2/c28-14-19(33-15-17-6-2-1-3-7-17)13-25-24(29)21-12-18-8-4-9-20(23(18)27-21)26-16-34(30,31)22-10-5-11-32-22/h1-12,14,19,26-27H,13,15-16H2,(H,25,29). The Balaban J connectivity index is 1.39. The number of para-hydroxylation sites is 1. The summed E-state index contributed by atoms with van der Waals surface area (Å²) in [4.78, 5) is 27.2. The lowest BCUT2D eigenvalue weighted by molar-refractivity contribution is -0.107. The van der Waals surface area contributed by atoms with E-state index in [1.165, 1.54) is 30.2 Å². The predicted molar refractivity (Wildman–Crippen MR) is 133 cm³/mol. The molecule has 1 atom stereocenters. The molecule has 0 aliphatic heterocycles. The quantitative estimate of drug-likeness (QED) is 0.269. The van der Waals surface area contributed by atoms with Crippen molar-refractivity contribution in [2.45, 2.75) is 16.1 Å². The Labute approximate surface area is 201 Å². The number of H-pyrrole nitrogens is 1. The third-order valence-corrected chi connectivity index (χ3v) is 7.65. The number of sulfone groups is 1. The molecule has 176 valence electrons. The average molecular weight is 498 g/mol. The number of carbonyl (C=O) groups is 2. The molecule has 0 aliphatic carbocycles. The highest BCUT2D eigenvalue weighted by Gasteiger charge is 2.19. The van der Waals surface area contributed by atoms with Crippen LogP contribution >= 0.6 is 11.8 Å². The highest BCUT2D eigenvalue weighted by atomic mass is 32.2. The number of nitrogens with one attached hydrogen (secondary N) is 3. The molecule has 4 rings (SSSR count). The van der Waals surface area contributed by atoms with E-state index in [0.29, 0.717) is 22.7 Å². The monoisotopic (exact) mass is 497 g/mol. The van der Waals surface area contributed by atoms with Gasteiger partial charge in [0.15, 0.2) is 0 Å². The van der Waals surface area contributed by atoms with Gasteiger partial charge in [0.25, 0.3) is 5.91 Å². The number of hydrogen-bond donors (Lipinski definition) is 3. The van der Waals surface area contributed by atoms with Crippen molar-refractivity contribution in [2.24, 2.45) is 0 Å². The lowest BCUT2D eigenvalue weighted by Crippen LogP contribution is -2.31. The SMILES string of the molecule is O=CC(CNC(=O)c1cc2cccc(NCS(=O)(=O)c3ccco3)c2[nH]1)SCc1ccccc1. The molecule has 0 fully saturated rings. The number of furan rings is 1. The molecular formula is C24H23N3O5S2. The molecule has 10 heteroatoms.